The van der Waals surface area contributed by atoms with E-state index in [0.29, 0.717) is 0 Å². The average Bonchev–Trinajstić information content (AvgIpc) is 3.39. The Labute approximate surface area is 211 Å². The van der Waals surface area contributed by atoms with Crippen molar-refractivity contribution in [3.05, 3.63) is 40.5 Å². The summed E-state index contributed by atoms with van der Waals surface area (Å²) >= 11 is 1.74. The number of hydrogen-bond acceptors (Lipinski definition) is 6. The largest absolute Gasteiger partial charge is 0.470 e. The van der Waals surface area contributed by atoms with Gasteiger partial charge in [0.15, 0.2) is 0 Å². The van der Waals surface area contributed by atoms with Crippen LogP contribution >= 0.6 is 11.3 Å². The second-order valence-electron chi connectivity index (χ2n) is 10.1. The van der Waals surface area contributed by atoms with E-state index in [1.165, 1.54) is 36.4 Å². The Kier molecular flexibility index (Phi) is 7.68. The van der Waals surface area contributed by atoms with E-state index in [1.807, 2.05) is 31.4 Å². The molecule has 1 aliphatic heterocycles. The molecule has 0 spiro atoms. The van der Waals surface area contributed by atoms with Gasteiger partial charge in [0.1, 0.15) is 0 Å². The predicted octanol–water partition coefficient (Wildman–Crippen LogP) is 4.60. The zero-order valence-electron chi connectivity index (χ0n) is 21.0. The number of aryl methyl sites for hydroxylation is 1. The second-order valence-corrected chi connectivity index (χ2v) is 11.1. The Hall–Kier alpha value is -2.45. The molecule has 1 aromatic carbocycles. The van der Waals surface area contributed by atoms with Gasteiger partial charge >= 0.3 is 0 Å². The van der Waals surface area contributed by atoms with E-state index in [0.717, 1.165) is 79.4 Å². The lowest BCUT2D eigenvalue weighted by Crippen LogP contribution is -2.38. The van der Waals surface area contributed by atoms with Crippen LogP contribution in [0, 0.1) is 5.92 Å². The zero-order chi connectivity index (χ0) is 24.2. The van der Waals surface area contributed by atoms with E-state index >= 15 is 0 Å². The van der Waals surface area contributed by atoms with Gasteiger partial charge in [0, 0.05) is 49.1 Å². The lowest BCUT2D eigenvalue weighted by Gasteiger charge is -2.30. The van der Waals surface area contributed by atoms with Crippen LogP contribution in [0.4, 0.5) is 0 Å². The summed E-state index contributed by atoms with van der Waals surface area (Å²) in [6, 6.07) is 6.05. The van der Waals surface area contributed by atoms with Gasteiger partial charge in [-0.2, -0.15) is 5.10 Å². The average molecular weight is 496 g/mol. The molecule has 1 saturated carbocycles. The first kappa shape index (κ1) is 24.3. The molecule has 3 aromatic rings. The quantitative estimate of drug-likeness (QED) is 0.495. The van der Waals surface area contributed by atoms with E-state index in [9.17, 15) is 4.79 Å². The number of ether oxygens (including phenoxy) is 1. The van der Waals surface area contributed by atoms with Crippen LogP contribution in [0.1, 0.15) is 66.4 Å². The van der Waals surface area contributed by atoms with Crippen LogP contribution in [-0.4, -0.2) is 57.9 Å². The number of benzene rings is 1. The third-order valence-corrected chi connectivity index (χ3v) is 8.52. The topological polar surface area (TPSA) is 72.3 Å². The van der Waals surface area contributed by atoms with Crippen LogP contribution in [-0.2, 0) is 19.9 Å². The van der Waals surface area contributed by atoms with E-state index in [-0.39, 0.29) is 11.9 Å². The number of hydrogen-bond donors (Lipinski definition) is 1. The number of fused-ring (bicyclic) bond motifs is 2. The predicted molar refractivity (Wildman–Crippen MR) is 140 cm³/mol. The Morgan fingerprint density at radius 2 is 2.03 bits per heavy atom. The molecule has 7 nitrogen and oxygen atoms in total. The molecule has 3 heterocycles. The summed E-state index contributed by atoms with van der Waals surface area (Å²) in [5, 5.41) is 9.49. The summed E-state index contributed by atoms with van der Waals surface area (Å²) in [6.07, 6.45) is 10.9. The van der Waals surface area contributed by atoms with Crippen LogP contribution in [0.25, 0.3) is 10.9 Å². The van der Waals surface area contributed by atoms with Gasteiger partial charge in [0.2, 0.25) is 0 Å². The number of carbonyl (C=O) groups is 1. The van der Waals surface area contributed by atoms with Crippen molar-refractivity contribution < 1.29 is 9.53 Å². The van der Waals surface area contributed by atoms with Crippen molar-refractivity contribution in [1.82, 2.24) is 25.0 Å². The maximum atomic E-state index is 13.0. The molecule has 2 aliphatic rings. The highest BCUT2D eigenvalue weighted by Gasteiger charge is 2.25. The Balaban J connectivity index is 1.05. The molecule has 0 unspecified atom stereocenters. The molecule has 1 fully saturated rings. The Morgan fingerprint density at radius 3 is 2.86 bits per heavy atom. The molecule has 0 radical (unpaired) electrons. The first-order valence-corrected chi connectivity index (χ1v) is 14.0. The minimum absolute atomic E-state index is 0.0287. The van der Waals surface area contributed by atoms with E-state index < -0.39 is 0 Å². The van der Waals surface area contributed by atoms with Crippen molar-refractivity contribution in [2.24, 2.45) is 13.0 Å². The smallest absolute Gasteiger partial charge is 0.273 e. The minimum atomic E-state index is 0.0287. The number of nitrogens with one attached hydrogen (secondary N) is 1. The van der Waals surface area contributed by atoms with E-state index in [1.54, 1.807) is 16.0 Å². The van der Waals surface area contributed by atoms with E-state index in [2.05, 4.69) is 22.2 Å². The summed E-state index contributed by atoms with van der Waals surface area (Å²) in [7, 11) is 1.89. The van der Waals surface area contributed by atoms with Gasteiger partial charge < -0.3 is 15.0 Å². The van der Waals surface area contributed by atoms with Gasteiger partial charge in [-0.1, -0.05) is 24.3 Å². The molecule has 188 valence electrons. The normalized spacial score (nSPS) is 21.0. The first-order chi connectivity index (χ1) is 17.1. The second kappa shape index (κ2) is 11.1. The molecular formula is C27H37N5O2S. The van der Waals surface area contributed by atoms with Gasteiger partial charge in [0.05, 0.1) is 23.4 Å². The van der Waals surface area contributed by atoms with Gasteiger partial charge in [0.25, 0.3) is 11.1 Å². The number of rotatable bonds is 8. The van der Waals surface area contributed by atoms with Crippen LogP contribution in [0.15, 0.2) is 24.4 Å². The van der Waals surface area contributed by atoms with Crippen LogP contribution in [0.5, 0.6) is 5.19 Å². The van der Waals surface area contributed by atoms with Crippen molar-refractivity contribution in [2.75, 3.05) is 26.2 Å². The standard InChI is InChI=1S/C27H37N5O2S/c1-3-17-34-27-29-24-12-15-32(16-13-25(24)35-27)14-11-19-7-9-20(10-8-19)28-26(33)21-5-4-6-23-22(21)18-31(2)30-23/h4-6,18-20H,3,7-17H2,1-2H3,(H,28,33). The molecule has 1 aliphatic carbocycles. The molecule has 1 N–H and O–H groups in total. The van der Waals surface area contributed by atoms with Gasteiger partial charge in [-0.05, 0) is 69.5 Å². The molecule has 0 atom stereocenters. The molecule has 1 amide bonds. The molecule has 0 bridgehead atoms. The van der Waals surface area contributed by atoms with Crippen molar-refractivity contribution in [2.45, 2.75) is 64.3 Å². The van der Waals surface area contributed by atoms with Gasteiger partial charge in [-0.3, -0.25) is 9.48 Å². The summed E-state index contributed by atoms with van der Waals surface area (Å²) < 4.78 is 7.51. The van der Waals surface area contributed by atoms with Crippen molar-refractivity contribution in [1.29, 1.82) is 0 Å². The Bertz CT molecular complexity index is 1120. The molecule has 5 rings (SSSR count). The summed E-state index contributed by atoms with van der Waals surface area (Å²) in [5.41, 5.74) is 2.85. The zero-order valence-corrected chi connectivity index (χ0v) is 21.8. The monoisotopic (exact) mass is 495 g/mol. The maximum Gasteiger partial charge on any atom is 0.273 e. The number of aromatic nitrogens is 3. The third-order valence-electron chi connectivity index (χ3n) is 7.45. The Morgan fingerprint density at radius 1 is 1.20 bits per heavy atom. The highest BCUT2D eigenvalue weighted by Crippen LogP contribution is 2.30. The summed E-state index contributed by atoms with van der Waals surface area (Å²) in [4.78, 5) is 21.7. The fourth-order valence-corrected chi connectivity index (χ4v) is 6.41. The molecule has 2 aromatic heterocycles. The van der Waals surface area contributed by atoms with Gasteiger partial charge in [-0.15, -0.1) is 0 Å². The highest BCUT2D eigenvalue weighted by molar-refractivity contribution is 7.13. The fraction of sp³-hybridized carbons (Fsp3) is 0.593. The minimum Gasteiger partial charge on any atom is -0.470 e. The number of carbonyl (C=O) groups excluding carboxylic acids is 1. The number of nitrogens with zero attached hydrogens (tertiary/aromatic N) is 4. The molecule has 8 heteroatoms. The fourth-order valence-electron chi connectivity index (χ4n) is 5.44. The maximum absolute atomic E-state index is 13.0. The van der Waals surface area contributed by atoms with Crippen LogP contribution in [0.3, 0.4) is 0 Å². The molecule has 35 heavy (non-hydrogen) atoms. The van der Waals surface area contributed by atoms with Gasteiger partial charge in [-0.25, -0.2) is 4.98 Å². The molecular weight excluding hydrogens is 458 g/mol. The highest BCUT2D eigenvalue weighted by atomic mass is 32.1. The van der Waals surface area contributed by atoms with Crippen LogP contribution < -0.4 is 10.1 Å². The van der Waals surface area contributed by atoms with Crippen LogP contribution in [0.2, 0.25) is 0 Å². The lowest BCUT2D eigenvalue weighted by atomic mass is 9.84. The first-order valence-electron chi connectivity index (χ1n) is 13.2. The number of thiazole rings is 1. The summed E-state index contributed by atoms with van der Waals surface area (Å²) in [5.74, 6) is 0.787. The van der Waals surface area contributed by atoms with E-state index in [4.69, 9.17) is 9.72 Å². The van der Waals surface area contributed by atoms with Crippen molar-refractivity contribution >= 4 is 28.1 Å². The van der Waals surface area contributed by atoms with Crippen molar-refractivity contribution in [3.8, 4) is 5.19 Å². The summed E-state index contributed by atoms with van der Waals surface area (Å²) in [6.45, 7) is 6.26. The van der Waals surface area contributed by atoms with Crippen molar-refractivity contribution in [3.63, 3.8) is 0 Å². The third kappa shape index (κ3) is 5.86. The number of amides is 1. The lowest BCUT2D eigenvalue weighted by molar-refractivity contribution is 0.0921. The molecule has 0 saturated heterocycles. The SMILES string of the molecule is CCCOc1nc2c(s1)CCN(CCC1CCC(NC(=O)c3cccc4nn(C)cc34)CC1)CC2.